The molecular formula is C11H14N2O2S. The highest BCUT2D eigenvalue weighted by molar-refractivity contribution is 7.99. The van der Waals surface area contributed by atoms with Crippen LogP contribution >= 0.6 is 11.8 Å². The number of aromatic nitrogens is 1. The molecule has 0 bridgehead atoms. The molecule has 0 aliphatic carbocycles. The summed E-state index contributed by atoms with van der Waals surface area (Å²) in [6.45, 7) is 0. The minimum Gasteiger partial charge on any atom is -0.505 e. The molecule has 2 heterocycles. The lowest BCUT2D eigenvalue weighted by molar-refractivity contribution is 0.0744. The first-order valence-electron chi connectivity index (χ1n) is 5.18. The Balaban J connectivity index is 2.15. The van der Waals surface area contributed by atoms with Crippen molar-refractivity contribution in [2.24, 2.45) is 0 Å². The Morgan fingerprint density at radius 1 is 1.69 bits per heavy atom. The maximum atomic E-state index is 12.1. The minimum atomic E-state index is -0.132. The number of amides is 1. The highest BCUT2D eigenvalue weighted by Crippen LogP contribution is 2.24. The average Bonchev–Trinajstić information content (AvgIpc) is 2.81. The second-order valence-corrected chi connectivity index (χ2v) is 4.98. The van der Waals surface area contributed by atoms with Crippen LogP contribution in [-0.2, 0) is 0 Å². The fourth-order valence-corrected chi connectivity index (χ4v) is 3.02. The summed E-state index contributed by atoms with van der Waals surface area (Å²) in [5.74, 6) is 1.90. The van der Waals surface area contributed by atoms with Gasteiger partial charge in [-0.25, -0.2) is 0 Å². The summed E-state index contributed by atoms with van der Waals surface area (Å²) < 4.78 is 0. The van der Waals surface area contributed by atoms with E-state index in [-0.39, 0.29) is 17.7 Å². The van der Waals surface area contributed by atoms with E-state index < -0.39 is 0 Å². The Morgan fingerprint density at radius 3 is 3.12 bits per heavy atom. The largest absolute Gasteiger partial charge is 0.505 e. The molecule has 1 aliphatic heterocycles. The molecule has 1 aromatic rings. The summed E-state index contributed by atoms with van der Waals surface area (Å²) in [4.78, 5) is 17.6. The molecule has 0 saturated carbocycles. The molecule has 16 heavy (non-hydrogen) atoms. The van der Waals surface area contributed by atoms with Crippen LogP contribution in [0.25, 0.3) is 0 Å². The maximum absolute atomic E-state index is 12.1. The third-order valence-corrected chi connectivity index (χ3v) is 3.95. The van der Waals surface area contributed by atoms with Gasteiger partial charge in [-0.15, -0.1) is 0 Å². The number of pyridine rings is 1. The van der Waals surface area contributed by atoms with Crippen molar-refractivity contribution in [1.29, 1.82) is 0 Å². The lowest BCUT2D eigenvalue weighted by Crippen LogP contribution is -2.37. The third-order valence-electron chi connectivity index (χ3n) is 2.80. The first-order valence-corrected chi connectivity index (χ1v) is 6.33. The van der Waals surface area contributed by atoms with E-state index in [9.17, 15) is 9.90 Å². The predicted molar refractivity (Wildman–Crippen MR) is 63.7 cm³/mol. The van der Waals surface area contributed by atoms with Crippen molar-refractivity contribution < 1.29 is 9.90 Å². The van der Waals surface area contributed by atoms with Gasteiger partial charge in [0, 0.05) is 25.0 Å². The predicted octanol–water partition coefficient (Wildman–Crippen LogP) is 1.36. The molecule has 0 aromatic carbocycles. The first kappa shape index (κ1) is 11.3. The zero-order chi connectivity index (χ0) is 11.5. The maximum Gasteiger partial charge on any atom is 0.257 e. The van der Waals surface area contributed by atoms with Crippen molar-refractivity contribution in [3.05, 3.63) is 24.0 Å². The van der Waals surface area contributed by atoms with Gasteiger partial charge in [-0.05, 0) is 18.2 Å². The normalized spacial score (nSPS) is 19.7. The van der Waals surface area contributed by atoms with Crippen molar-refractivity contribution in [3.63, 3.8) is 0 Å². The Morgan fingerprint density at radius 2 is 2.50 bits per heavy atom. The van der Waals surface area contributed by atoms with Crippen LogP contribution in [0.2, 0.25) is 0 Å². The van der Waals surface area contributed by atoms with Crippen molar-refractivity contribution >= 4 is 17.7 Å². The van der Waals surface area contributed by atoms with Gasteiger partial charge in [0.15, 0.2) is 0 Å². The molecule has 1 atom stereocenters. The Bertz CT molecular complexity index is 391. The van der Waals surface area contributed by atoms with Crippen LogP contribution in [0, 0.1) is 0 Å². The van der Waals surface area contributed by atoms with Crippen LogP contribution in [0.5, 0.6) is 5.75 Å². The molecule has 0 radical (unpaired) electrons. The second kappa shape index (κ2) is 4.74. The number of hydrogen-bond acceptors (Lipinski definition) is 4. The van der Waals surface area contributed by atoms with E-state index >= 15 is 0 Å². The van der Waals surface area contributed by atoms with E-state index in [4.69, 9.17) is 0 Å². The lowest BCUT2D eigenvalue weighted by atomic mass is 10.1. The topological polar surface area (TPSA) is 53.4 Å². The van der Waals surface area contributed by atoms with Crippen LogP contribution in [0.1, 0.15) is 16.8 Å². The zero-order valence-corrected chi connectivity index (χ0v) is 9.91. The molecule has 1 aromatic heterocycles. The molecule has 1 aliphatic rings. The van der Waals surface area contributed by atoms with Gasteiger partial charge in [-0.3, -0.25) is 9.78 Å². The summed E-state index contributed by atoms with van der Waals surface area (Å²) in [5.41, 5.74) is 0.328. The quantitative estimate of drug-likeness (QED) is 0.845. The number of aromatic hydroxyl groups is 1. The van der Waals surface area contributed by atoms with Crippen molar-refractivity contribution in [3.8, 4) is 5.75 Å². The molecule has 1 unspecified atom stereocenters. The summed E-state index contributed by atoms with van der Waals surface area (Å²) in [7, 11) is 1.79. The first-order chi connectivity index (χ1) is 7.70. The van der Waals surface area contributed by atoms with Crippen molar-refractivity contribution in [1.82, 2.24) is 9.88 Å². The van der Waals surface area contributed by atoms with Gasteiger partial charge in [0.25, 0.3) is 5.91 Å². The molecule has 1 N–H and O–H groups in total. The van der Waals surface area contributed by atoms with Crippen LogP contribution in [0.3, 0.4) is 0 Å². The minimum absolute atomic E-state index is 0.0509. The summed E-state index contributed by atoms with van der Waals surface area (Å²) in [6, 6.07) is 1.83. The third kappa shape index (κ3) is 2.14. The molecule has 86 valence electrons. The van der Waals surface area contributed by atoms with Crippen LogP contribution in [0.4, 0.5) is 0 Å². The standard InChI is InChI=1S/C11H14N2O2S/c1-13(8-3-5-16-7-8)11(15)9-2-4-12-6-10(9)14/h2,4,6,8,14H,3,5,7H2,1H3. The van der Waals surface area contributed by atoms with Gasteiger partial charge in [0.2, 0.25) is 0 Å². The molecule has 5 heteroatoms. The van der Waals surface area contributed by atoms with E-state index in [0.29, 0.717) is 5.56 Å². The number of rotatable bonds is 2. The molecule has 4 nitrogen and oxygen atoms in total. The summed E-state index contributed by atoms with van der Waals surface area (Å²) >= 11 is 1.86. The van der Waals surface area contributed by atoms with Gasteiger partial charge in [0.1, 0.15) is 5.75 Å². The number of carbonyl (C=O) groups excluding carboxylic acids is 1. The summed E-state index contributed by atoms with van der Waals surface area (Å²) in [5, 5.41) is 9.56. The molecule has 1 saturated heterocycles. The smallest absolute Gasteiger partial charge is 0.257 e. The highest BCUT2D eigenvalue weighted by Gasteiger charge is 2.25. The number of hydrogen-bond donors (Lipinski definition) is 1. The monoisotopic (exact) mass is 238 g/mol. The van der Waals surface area contributed by atoms with E-state index in [1.165, 1.54) is 12.4 Å². The van der Waals surface area contributed by atoms with E-state index in [1.54, 1.807) is 18.0 Å². The van der Waals surface area contributed by atoms with Gasteiger partial charge in [-0.1, -0.05) is 0 Å². The lowest BCUT2D eigenvalue weighted by Gasteiger charge is -2.23. The van der Waals surface area contributed by atoms with E-state index in [1.807, 2.05) is 11.8 Å². The van der Waals surface area contributed by atoms with Gasteiger partial charge >= 0.3 is 0 Å². The summed E-state index contributed by atoms with van der Waals surface area (Å²) in [6.07, 6.45) is 3.84. The average molecular weight is 238 g/mol. The molecule has 1 fully saturated rings. The van der Waals surface area contributed by atoms with Crippen LogP contribution in [0.15, 0.2) is 18.5 Å². The van der Waals surface area contributed by atoms with Crippen LogP contribution in [-0.4, -0.2) is 45.5 Å². The van der Waals surface area contributed by atoms with Gasteiger partial charge < -0.3 is 10.0 Å². The van der Waals surface area contributed by atoms with Gasteiger partial charge in [0.05, 0.1) is 11.8 Å². The Kier molecular flexibility index (Phi) is 3.33. The molecule has 0 spiro atoms. The zero-order valence-electron chi connectivity index (χ0n) is 9.09. The number of carbonyl (C=O) groups is 1. The van der Waals surface area contributed by atoms with Crippen molar-refractivity contribution in [2.75, 3.05) is 18.6 Å². The molecule has 1 amide bonds. The van der Waals surface area contributed by atoms with Crippen LogP contribution < -0.4 is 0 Å². The van der Waals surface area contributed by atoms with E-state index in [0.717, 1.165) is 17.9 Å². The number of nitrogens with zero attached hydrogens (tertiary/aromatic N) is 2. The van der Waals surface area contributed by atoms with E-state index in [2.05, 4.69) is 4.98 Å². The fourth-order valence-electron chi connectivity index (χ4n) is 1.75. The number of thioether (sulfide) groups is 1. The van der Waals surface area contributed by atoms with Crippen molar-refractivity contribution in [2.45, 2.75) is 12.5 Å². The second-order valence-electron chi connectivity index (χ2n) is 3.83. The Labute approximate surface area is 98.7 Å². The van der Waals surface area contributed by atoms with Gasteiger partial charge in [-0.2, -0.15) is 11.8 Å². The Hall–Kier alpha value is -1.23. The SMILES string of the molecule is CN(C(=O)c1ccncc1O)C1CCSC1. The molecular weight excluding hydrogens is 224 g/mol. The highest BCUT2D eigenvalue weighted by atomic mass is 32.2. The molecule has 2 rings (SSSR count). The fraction of sp³-hybridized carbons (Fsp3) is 0.455.